The highest BCUT2D eigenvalue weighted by molar-refractivity contribution is 5.93. The number of rotatable bonds is 5. The number of aromatic nitrogens is 1. The second-order valence-corrected chi connectivity index (χ2v) is 6.54. The minimum atomic E-state index is -0.0518. The summed E-state index contributed by atoms with van der Waals surface area (Å²) in [4.78, 5) is 0. The third kappa shape index (κ3) is 2.73. The van der Waals surface area contributed by atoms with E-state index in [1.165, 1.54) is 27.7 Å². The molecule has 0 amide bonds. The van der Waals surface area contributed by atoms with Gasteiger partial charge in [-0.1, -0.05) is 78.9 Å². The summed E-state index contributed by atoms with van der Waals surface area (Å²) in [5, 5.41) is 11.6. The lowest BCUT2D eigenvalue weighted by Crippen LogP contribution is -2.08. The molecule has 26 heavy (non-hydrogen) atoms. The van der Waals surface area contributed by atoms with Gasteiger partial charge in [0.25, 0.3) is 0 Å². The van der Waals surface area contributed by atoms with Crippen LogP contribution in [-0.2, 0) is 6.54 Å². The van der Waals surface area contributed by atoms with E-state index in [-0.39, 0.29) is 12.5 Å². The van der Waals surface area contributed by atoms with Gasteiger partial charge in [-0.15, -0.1) is 0 Å². The molecule has 0 aliphatic rings. The molecule has 0 aliphatic carbocycles. The molecule has 0 fully saturated rings. The first-order valence-electron chi connectivity index (χ1n) is 9.17. The van der Waals surface area contributed by atoms with Crippen LogP contribution in [0.25, 0.3) is 22.2 Å². The van der Waals surface area contributed by atoms with Gasteiger partial charge in [-0.2, -0.15) is 0 Å². The summed E-state index contributed by atoms with van der Waals surface area (Å²) in [6, 6.07) is 29.3. The highest BCUT2D eigenvalue weighted by Crippen LogP contribution is 2.40. The fourth-order valence-corrected chi connectivity index (χ4v) is 3.97. The summed E-state index contributed by atoms with van der Waals surface area (Å²) in [7, 11) is 0. The molecule has 0 bridgehead atoms. The van der Waals surface area contributed by atoms with Crippen LogP contribution in [0.3, 0.4) is 0 Å². The van der Waals surface area contributed by atoms with E-state index >= 15 is 0 Å². The first-order valence-corrected chi connectivity index (χ1v) is 9.17. The van der Waals surface area contributed by atoms with Gasteiger partial charge < -0.3 is 9.67 Å². The third-order valence-corrected chi connectivity index (χ3v) is 5.11. The Kier molecular flexibility index (Phi) is 4.59. The van der Waals surface area contributed by atoms with Crippen molar-refractivity contribution in [2.75, 3.05) is 6.61 Å². The maximum absolute atomic E-state index is 10.3. The van der Waals surface area contributed by atoms with Crippen molar-refractivity contribution in [3.63, 3.8) is 0 Å². The number of nitrogens with zero attached hydrogens (tertiary/aromatic N) is 1. The Morgan fingerprint density at radius 3 is 2.08 bits per heavy atom. The number of benzene rings is 3. The van der Waals surface area contributed by atoms with E-state index < -0.39 is 0 Å². The maximum atomic E-state index is 10.3. The van der Waals surface area contributed by atoms with Gasteiger partial charge in [0.2, 0.25) is 0 Å². The van der Waals surface area contributed by atoms with Crippen LogP contribution in [0.15, 0.2) is 84.9 Å². The summed E-state index contributed by atoms with van der Waals surface area (Å²) in [6.45, 7) is 3.15. The van der Waals surface area contributed by atoms with E-state index in [4.69, 9.17) is 0 Å². The normalized spacial score (nSPS) is 12.4. The molecule has 1 unspecified atom stereocenters. The number of fused-ring (bicyclic) bond motifs is 1. The Labute approximate surface area is 154 Å². The van der Waals surface area contributed by atoms with Crippen LogP contribution < -0.4 is 0 Å². The molecule has 1 N–H and O–H groups in total. The number of aliphatic hydroxyl groups is 1. The van der Waals surface area contributed by atoms with Crippen LogP contribution >= 0.6 is 0 Å². The van der Waals surface area contributed by atoms with Gasteiger partial charge in [-0.3, -0.25) is 0 Å². The van der Waals surface area contributed by atoms with E-state index in [9.17, 15) is 5.11 Å². The zero-order valence-electron chi connectivity index (χ0n) is 15.0. The molecule has 4 aromatic rings. The lowest BCUT2D eigenvalue weighted by Gasteiger charge is -2.18. The van der Waals surface area contributed by atoms with Crippen molar-refractivity contribution in [1.82, 2.24) is 4.57 Å². The molecule has 0 saturated carbocycles. The average Bonchev–Trinajstić information content (AvgIpc) is 3.04. The molecule has 0 saturated heterocycles. The van der Waals surface area contributed by atoms with Crippen molar-refractivity contribution >= 4 is 10.9 Å². The van der Waals surface area contributed by atoms with Crippen LogP contribution in [0.5, 0.6) is 0 Å². The van der Waals surface area contributed by atoms with Gasteiger partial charge in [0.15, 0.2) is 0 Å². The quantitative estimate of drug-likeness (QED) is 0.513. The molecule has 0 aliphatic heterocycles. The molecular weight excluding hydrogens is 318 g/mol. The van der Waals surface area contributed by atoms with Crippen molar-refractivity contribution in [3.8, 4) is 11.3 Å². The Hall–Kier alpha value is -2.84. The lowest BCUT2D eigenvalue weighted by atomic mass is 9.88. The second kappa shape index (κ2) is 7.19. The van der Waals surface area contributed by atoms with E-state index in [0.29, 0.717) is 0 Å². The largest absolute Gasteiger partial charge is 0.395 e. The minimum Gasteiger partial charge on any atom is -0.395 e. The molecule has 4 rings (SSSR count). The van der Waals surface area contributed by atoms with E-state index in [1.807, 2.05) is 24.3 Å². The Bertz CT molecular complexity index is 1000. The highest BCUT2D eigenvalue weighted by Gasteiger charge is 2.25. The first kappa shape index (κ1) is 16.6. The molecule has 3 aromatic carbocycles. The fourth-order valence-electron chi connectivity index (χ4n) is 3.97. The topological polar surface area (TPSA) is 25.2 Å². The summed E-state index contributed by atoms with van der Waals surface area (Å²) < 4.78 is 2.37. The zero-order chi connectivity index (χ0) is 17.9. The minimum absolute atomic E-state index is 0.0518. The summed E-state index contributed by atoms with van der Waals surface area (Å²) in [6.07, 6.45) is 0. The first-order chi connectivity index (χ1) is 12.8. The standard InChI is InChI=1S/C24H23NO/c1-2-25-22-16-10-9-15-20(22)23(24(25)19-13-7-4-8-14-19)21(17-26)18-11-5-3-6-12-18/h3-16,21,26H,2,17H2,1H3. The number of hydrogen-bond acceptors (Lipinski definition) is 1. The second-order valence-electron chi connectivity index (χ2n) is 6.54. The van der Waals surface area contributed by atoms with Crippen molar-refractivity contribution < 1.29 is 5.11 Å². The van der Waals surface area contributed by atoms with Gasteiger partial charge in [-0.05, 0) is 29.7 Å². The smallest absolute Gasteiger partial charge is 0.0541 e. The van der Waals surface area contributed by atoms with Crippen molar-refractivity contribution in [2.45, 2.75) is 19.4 Å². The number of aliphatic hydroxyl groups excluding tert-OH is 1. The molecule has 0 spiro atoms. The van der Waals surface area contributed by atoms with E-state index in [2.05, 4.69) is 72.2 Å². The van der Waals surface area contributed by atoms with E-state index in [1.54, 1.807) is 0 Å². The van der Waals surface area contributed by atoms with Gasteiger partial charge in [0.05, 0.1) is 12.3 Å². The number of hydrogen-bond donors (Lipinski definition) is 1. The summed E-state index contributed by atoms with van der Waals surface area (Å²) >= 11 is 0. The van der Waals surface area contributed by atoms with Gasteiger partial charge >= 0.3 is 0 Å². The van der Waals surface area contributed by atoms with E-state index in [0.717, 1.165) is 12.1 Å². The lowest BCUT2D eigenvalue weighted by molar-refractivity contribution is 0.281. The predicted molar refractivity (Wildman–Crippen MR) is 108 cm³/mol. The molecule has 2 heteroatoms. The third-order valence-electron chi connectivity index (χ3n) is 5.11. The molecule has 1 heterocycles. The van der Waals surface area contributed by atoms with Crippen molar-refractivity contribution in [1.29, 1.82) is 0 Å². The molecule has 2 nitrogen and oxygen atoms in total. The molecule has 130 valence electrons. The van der Waals surface area contributed by atoms with Gasteiger partial charge in [-0.25, -0.2) is 0 Å². The molecule has 0 radical (unpaired) electrons. The van der Waals surface area contributed by atoms with Crippen LogP contribution in [0.2, 0.25) is 0 Å². The van der Waals surface area contributed by atoms with Crippen LogP contribution in [-0.4, -0.2) is 16.3 Å². The average molecular weight is 341 g/mol. The number of para-hydroxylation sites is 1. The maximum Gasteiger partial charge on any atom is 0.0541 e. The summed E-state index contributed by atoms with van der Waals surface area (Å²) in [5.41, 5.74) is 5.97. The monoisotopic (exact) mass is 341 g/mol. The zero-order valence-corrected chi connectivity index (χ0v) is 15.0. The Morgan fingerprint density at radius 1 is 0.808 bits per heavy atom. The van der Waals surface area contributed by atoms with Crippen LogP contribution in [0.1, 0.15) is 24.0 Å². The number of aryl methyl sites for hydroxylation is 1. The van der Waals surface area contributed by atoms with Crippen LogP contribution in [0.4, 0.5) is 0 Å². The van der Waals surface area contributed by atoms with Crippen molar-refractivity contribution in [3.05, 3.63) is 96.1 Å². The fraction of sp³-hybridized carbons (Fsp3) is 0.167. The predicted octanol–water partition coefficient (Wildman–Crippen LogP) is 5.45. The summed E-state index contributed by atoms with van der Waals surface area (Å²) in [5.74, 6) is -0.0518. The van der Waals surface area contributed by atoms with Crippen molar-refractivity contribution in [2.24, 2.45) is 0 Å². The SMILES string of the molecule is CCn1c(-c2ccccc2)c(C(CO)c2ccccc2)c2ccccc21. The Balaban J connectivity index is 2.07. The van der Waals surface area contributed by atoms with Gasteiger partial charge in [0, 0.05) is 23.4 Å². The van der Waals surface area contributed by atoms with Gasteiger partial charge in [0.1, 0.15) is 0 Å². The highest BCUT2D eigenvalue weighted by atomic mass is 16.3. The Morgan fingerprint density at radius 2 is 1.42 bits per heavy atom. The molecule has 1 atom stereocenters. The molecular formula is C24H23NO. The van der Waals surface area contributed by atoms with Crippen LogP contribution in [0, 0.1) is 0 Å². The molecule has 1 aromatic heterocycles.